The molecular formula is C5H7BrN2. The van der Waals surface area contributed by atoms with E-state index < -0.39 is 0 Å². The summed E-state index contributed by atoms with van der Waals surface area (Å²) >= 11 is 3.29. The lowest BCUT2D eigenvalue weighted by Gasteiger charge is -2.16. The fourth-order valence-electron chi connectivity index (χ4n) is 0.488. The molecule has 0 saturated heterocycles. The molecule has 1 heterocycles. The molecule has 0 aliphatic carbocycles. The topological polar surface area (TPSA) is 38.4 Å². The number of nitrogens with two attached hydrogens (primary N) is 1. The lowest BCUT2D eigenvalue weighted by molar-refractivity contribution is 0.802. The van der Waals surface area contributed by atoms with E-state index in [-0.39, 0.29) is 4.45 Å². The molecule has 0 fully saturated rings. The minimum atomic E-state index is -0.339. The number of aliphatic imine (C=N–C) groups is 1. The van der Waals surface area contributed by atoms with Crippen molar-refractivity contribution in [2.45, 2.75) is 10.9 Å². The number of rotatable bonds is 0. The Morgan fingerprint density at radius 1 is 1.75 bits per heavy atom. The molecule has 1 aliphatic rings. The normalized spacial score (nSPS) is 35.8. The summed E-state index contributed by atoms with van der Waals surface area (Å²) in [5.41, 5.74) is 5.62. The van der Waals surface area contributed by atoms with Crippen LogP contribution in [0, 0.1) is 0 Å². The molecule has 0 spiro atoms. The van der Waals surface area contributed by atoms with E-state index in [1.807, 2.05) is 6.08 Å². The van der Waals surface area contributed by atoms with Crippen LogP contribution in [0.3, 0.4) is 0 Å². The zero-order chi connectivity index (χ0) is 6.04. The molecule has 3 heteroatoms. The number of halogens is 1. The molecule has 2 nitrogen and oxygen atoms in total. The molecule has 0 aromatic carbocycles. The third-order valence-corrected chi connectivity index (χ3v) is 1.54. The lowest BCUT2D eigenvalue weighted by Crippen LogP contribution is -2.31. The van der Waals surface area contributed by atoms with Gasteiger partial charge in [-0.25, -0.2) is 0 Å². The van der Waals surface area contributed by atoms with Gasteiger partial charge in [-0.1, -0.05) is 15.9 Å². The van der Waals surface area contributed by atoms with Gasteiger partial charge in [-0.05, 0) is 6.08 Å². The molecule has 0 aromatic heterocycles. The second-order valence-electron chi connectivity index (χ2n) is 1.78. The van der Waals surface area contributed by atoms with Crippen molar-refractivity contribution in [3.05, 3.63) is 12.3 Å². The predicted octanol–water partition coefficient (Wildman–Crippen LogP) is 1.02. The van der Waals surface area contributed by atoms with Crippen molar-refractivity contribution in [2.24, 2.45) is 10.7 Å². The van der Waals surface area contributed by atoms with E-state index in [1.165, 1.54) is 0 Å². The van der Waals surface area contributed by atoms with Crippen molar-refractivity contribution in [3.63, 3.8) is 0 Å². The van der Waals surface area contributed by atoms with Gasteiger partial charge in [0.25, 0.3) is 0 Å². The fourth-order valence-corrected chi connectivity index (χ4v) is 0.751. The molecular weight excluding hydrogens is 168 g/mol. The zero-order valence-corrected chi connectivity index (χ0v) is 5.93. The average molecular weight is 175 g/mol. The van der Waals surface area contributed by atoms with Crippen LogP contribution in [0.2, 0.25) is 0 Å². The number of hydrogen-bond acceptors (Lipinski definition) is 2. The van der Waals surface area contributed by atoms with Gasteiger partial charge in [0.2, 0.25) is 0 Å². The molecule has 2 N–H and O–H groups in total. The van der Waals surface area contributed by atoms with Gasteiger partial charge in [-0.2, -0.15) is 0 Å². The van der Waals surface area contributed by atoms with E-state index in [4.69, 9.17) is 5.73 Å². The van der Waals surface area contributed by atoms with Crippen LogP contribution in [0.1, 0.15) is 6.42 Å². The van der Waals surface area contributed by atoms with Crippen LogP contribution in [0.25, 0.3) is 0 Å². The Morgan fingerprint density at radius 3 is 2.75 bits per heavy atom. The van der Waals surface area contributed by atoms with Gasteiger partial charge < -0.3 is 5.73 Å². The summed E-state index contributed by atoms with van der Waals surface area (Å²) in [6.45, 7) is 0. The van der Waals surface area contributed by atoms with Crippen molar-refractivity contribution in [2.75, 3.05) is 0 Å². The Balaban J connectivity index is 2.65. The average Bonchev–Trinajstić information content (AvgIpc) is 1.65. The monoisotopic (exact) mass is 174 g/mol. The summed E-state index contributed by atoms with van der Waals surface area (Å²) in [6, 6.07) is 0. The minimum absolute atomic E-state index is 0.339. The number of alkyl halides is 1. The lowest BCUT2D eigenvalue weighted by atomic mass is 10.2. The predicted molar refractivity (Wildman–Crippen MR) is 38.1 cm³/mol. The first-order valence-electron chi connectivity index (χ1n) is 2.38. The Morgan fingerprint density at radius 2 is 2.50 bits per heavy atom. The van der Waals surface area contributed by atoms with E-state index >= 15 is 0 Å². The van der Waals surface area contributed by atoms with E-state index in [9.17, 15) is 0 Å². The summed E-state index contributed by atoms with van der Waals surface area (Å²) in [6.07, 6.45) is 6.07. The zero-order valence-electron chi connectivity index (χ0n) is 4.34. The van der Waals surface area contributed by atoms with Gasteiger partial charge in [0.15, 0.2) is 0 Å². The van der Waals surface area contributed by atoms with Gasteiger partial charge in [0.1, 0.15) is 0 Å². The minimum Gasteiger partial charge on any atom is -0.313 e. The first-order chi connectivity index (χ1) is 3.71. The smallest absolute Gasteiger partial charge is 0.0970 e. The molecule has 0 bridgehead atoms. The Labute approximate surface area is 56.6 Å². The quantitative estimate of drug-likeness (QED) is 0.433. The molecule has 1 aliphatic heterocycles. The van der Waals surface area contributed by atoms with Crippen LogP contribution in [0.5, 0.6) is 0 Å². The second kappa shape index (κ2) is 1.99. The van der Waals surface area contributed by atoms with Crippen LogP contribution in [-0.4, -0.2) is 10.7 Å². The van der Waals surface area contributed by atoms with Crippen molar-refractivity contribution < 1.29 is 0 Å². The maximum absolute atomic E-state index is 5.62. The van der Waals surface area contributed by atoms with E-state index in [0.29, 0.717) is 0 Å². The van der Waals surface area contributed by atoms with Gasteiger partial charge in [-0.3, -0.25) is 4.99 Å². The van der Waals surface area contributed by atoms with Gasteiger partial charge >= 0.3 is 0 Å². The van der Waals surface area contributed by atoms with Gasteiger partial charge in [0, 0.05) is 18.8 Å². The van der Waals surface area contributed by atoms with Crippen LogP contribution < -0.4 is 5.73 Å². The summed E-state index contributed by atoms with van der Waals surface area (Å²) in [5, 5.41) is 0. The Kier molecular flexibility index (Phi) is 1.49. The highest BCUT2D eigenvalue weighted by atomic mass is 79.9. The molecule has 8 heavy (non-hydrogen) atoms. The Hall–Kier alpha value is -0.150. The standard InChI is InChI=1S/C5H7BrN2/c6-5(7)1-3-8-4-2-5/h1,3-4H,2,7H2. The third kappa shape index (κ3) is 1.42. The molecule has 44 valence electrons. The van der Waals surface area contributed by atoms with E-state index in [2.05, 4.69) is 20.9 Å². The first kappa shape index (κ1) is 5.98. The molecule has 0 radical (unpaired) electrons. The van der Waals surface area contributed by atoms with Crippen LogP contribution in [0.15, 0.2) is 17.3 Å². The molecule has 0 aromatic rings. The van der Waals surface area contributed by atoms with Gasteiger partial charge in [0.05, 0.1) is 4.45 Å². The van der Waals surface area contributed by atoms with Crippen LogP contribution in [-0.2, 0) is 0 Å². The maximum atomic E-state index is 5.62. The molecule has 1 atom stereocenters. The van der Waals surface area contributed by atoms with E-state index in [0.717, 1.165) is 6.42 Å². The van der Waals surface area contributed by atoms with Crippen LogP contribution in [0.4, 0.5) is 0 Å². The van der Waals surface area contributed by atoms with Crippen molar-refractivity contribution in [1.82, 2.24) is 0 Å². The summed E-state index contributed by atoms with van der Waals surface area (Å²) in [4.78, 5) is 3.86. The highest BCUT2D eigenvalue weighted by Gasteiger charge is 2.15. The largest absolute Gasteiger partial charge is 0.313 e. The Bertz CT molecular complexity index is 137. The van der Waals surface area contributed by atoms with Crippen LogP contribution >= 0.6 is 15.9 Å². The van der Waals surface area contributed by atoms with Crippen molar-refractivity contribution >= 4 is 22.1 Å². The summed E-state index contributed by atoms with van der Waals surface area (Å²) in [7, 11) is 0. The highest BCUT2D eigenvalue weighted by molar-refractivity contribution is 9.10. The molecule has 0 amide bonds. The molecule has 1 unspecified atom stereocenters. The van der Waals surface area contributed by atoms with Crippen molar-refractivity contribution in [3.8, 4) is 0 Å². The van der Waals surface area contributed by atoms with Gasteiger partial charge in [-0.15, -0.1) is 0 Å². The number of nitrogens with zero attached hydrogens (tertiary/aromatic N) is 1. The fraction of sp³-hybridized carbons (Fsp3) is 0.400. The SMILES string of the molecule is NC1(Br)C=CN=CC1. The second-order valence-corrected chi connectivity index (χ2v) is 3.25. The highest BCUT2D eigenvalue weighted by Crippen LogP contribution is 2.17. The maximum Gasteiger partial charge on any atom is 0.0970 e. The molecule has 1 rings (SSSR count). The summed E-state index contributed by atoms with van der Waals surface area (Å²) in [5.74, 6) is 0. The van der Waals surface area contributed by atoms with E-state index in [1.54, 1.807) is 12.4 Å². The van der Waals surface area contributed by atoms with Crippen molar-refractivity contribution in [1.29, 1.82) is 0 Å². The third-order valence-electron chi connectivity index (χ3n) is 0.947. The number of hydrogen-bond donors (Lipinski definition) is 1. The first-order valence-corrected chi connectivity index (χ1v) is 3.17. The summed E-state index contributed by atoms with van der Waals surface area (Å²) < 4.78 is -0.339. The molecule has 0 saturated carbocycles.